The standard InChI is InChI=1S/C18H30ClNO2.ClH/c1-4-6-7-8-9-10-11-20-14-15-12-16(19)18(22-5-2)17(13-15)21-3;/h12-13,20H,4-11,14H2,1-3H3;1H. The number of hydrogen-bond acceptors (Lipinski definition) is 3. The smallest absolute Gasteiger partial charge is 0.179 e. The number of methoxy groups -OCH3 is 1. The molecular weight excluding hydrogens is 333 g/mol. The highest BCUT2D eigenvalue weighted by Crippen LogP contribution is 2.36. The second-order valence-electron chi connectivity index (χ2n) is 5.49. The molecule has 5 heteroatoms. The van der Waals surface area contributed by atoms with Crippen molar-refractivity contribution in [1.29, 1.82) is 0 Å². The number of unbranched alkanes of at least 4 members (excludes halogenated alkanes) is 5. The van der Waals surface area contributed by atoms with E-state index in [1.807, 2.05) is 19.1 Å². The van der Waals surface area contributed by atoms with Crippen molar-refractivity contribution in [3.63, 3.8) is 0 Å². The second-order valence-corrected chi connectivity index (χ2v) is 5.89. The fraction of sp³-hybridized carbons (Fsp3) is 0.667. The fourth-order valence-electron chi connectivity index (χ4n) is 2.42. The van der Waals surface area contributed by atoms with Crippen LogP contribution in [0.3, 0.4) is 0 Å². The van der Waals surface area contributed by atoms with Crippen LogP contribution in [0.5, 0.6) is 11.5 Å². The molecule has 0 saturated carbocycles. The van der Waals surface area contributed by atoms with Crippen molar-refractivity contribution in [2.45, 2.75) is 58.9 Å². The molecule has 0 aliphatic heterocycles. The topological polar surface area (TPSA) is 30.5 Å². The van der Waals surface area contributed by atoms with Crippen LogP contribution in [0.1, 0.15) is 57.9 Å². The molecule has 0 spiro atoms. The van der Waals surface area contributed by atoms with Crippen LogP contribution in [0.4, 0.5) is 0 Å². The summed E-state index contributed by atoms with van der Waals surface area (Å²) in [6.45, 7) is 6.60. The predicted molar refractivity (Wildman–Crippen MR) is 102 cm³/mol. The van der Waals surface area contributed by atoms with Crippen LogP contribution >= 0.6 is 24.0 Å². The van der Waals surface area contributed by atoms with Crippen LogP contribution in [0.25, 0.3) is 0 Å². The van der Waals surface area contributed by atoms with Crippen molar-refractivity contribution in [3.05, 3.63) is 22.7 Å². The van der Waals surface area contributed by atoms with Gasteiger partial charge >= 0.3 is 0 Å². The summed E-state index contributed by atoms with van der Waals surface area (Å²) in [6.07, 6.45) is 7.91. The van der Waals surface area contributed by atoms with Crippen molar-refractivity contribution in [3.8, 4) is 11.5 Å². The number of nitrogens with one attached hydrogen (secondary N) is 1. The number of ether oxygens (including phenoxy) is 2. The number of rotatable bonds is 12. The molecule has 1 aromatic carbocycles. The first-order valence-corrected chi connectivity index (χ1v) is 8.80. The Morgan fingerprint density at radius 1 is 1.04 bits per heavy atom. The number of hydrogen-bond donors (Lipinski definition) is 1. The summed E-state index contributed by atoms with van der Waals surface area (Å²) in [5.74, 6) is 1.33. The van der Waals surface area contributed by atoms with E-state index in [2.05, 4.69) is 12.2 Å². The van der Waals surface area contributed by atoms with Gasteiger partial charge in [0.05, 0.1) is 18.7 Å². The van der Waals surface area contributed by atoms with E-state index in [0.717, 1.165) is 18.7 Å². The maximum Gasteiger partial charge on any atom is 0.179 e. The third kappa shape index (κ3) is 8.69. The maximum atomic E-state index is 6.27. The number of halogens is 2. The van der Waals surface area contributed by atoms with E-state index in [-0.39, 0.29) is 12.4 Å². The van der Waals surface area contributed by atoms with Crippen LogP contribution < -0.4 is 14.8 Å². The van der Waals surface area contributed by atoms with Crippen LogP contribution in [-0.4, -0.2) is 20.3 Å². The van der Waals surface area contributed by atoms with Gasteiger partial charge in [0, 0.05) is 6.54 Å². The molecule has 0 radical (unpaired) electrons. The monoisotopic (exact) mass is 363 g/mol. The van der Waals surface area contributed by atoms with E-state index in [9.17, 15) is 0 Å². The molecular formula is C18H31Cl2NO2. The molecule has 0 atom stereocenters. The zero-order valence-electron chi connectivity index (χ0n) is 14.6. The minimum Gasteiger partial charge on any atom is -0.493 e. The van der Waals surface area contributed by atoms with Crippen molar-refractivity contribution in [2.24, 2.45) is 0 Å². The van der Waals surface area contributed by atoms with Crippen molar-refractivity contribution in [1.82, 2.24) is 5.32 Å². The second kappa shape index (κ2) is 13.8. The summed E-state index contributed by atoms with van der Waals surface area (Å²) < 4.78 is 10.9. The van der Waals surface area contributed by atoms with Gasteiger partial charge in [0.15, 0.2) is 11.5 Å². The highest BCUT2D eigenvalue weighted by molar-refractivity contribution is 6.32. The molecule has 0 amide bonds. The van der Waals surface area contributed by atoms with Gasteiger partial charge < -0.3 is 14.8 Å². The lowest BCUT2D eigenvalue weighted by atomic mass is 10.1. The molecule has 23 heavy (non-hydrogen) atoms. The maximum absolute atomic E-state index is 6.27. The van der Waals surface area contributed by atoms with E-state index in [0.29, 0.717) is 23.1 Å². The molecule has 0 aromatic heterocycles. The van der Waals surface area contributed by atoms with Crippen LogP contribution in [0.2, 0.25) is 5.02 Å². The summed E-state index contributed by atoms with van der Waals surface area (Å²) in [5.41, 5.74) is 1.12. The summed E-state index contributed by atoms with van der Waals surface area (Å²) in [4.78, 5) is 0. The molecule has 0 aliphatic carbocycles. The zero-order chi connectivity index (χ0) is 16.2. The van der Waals surface area contributed by atoms with E-state index in [1.165, 1.54) is 38.5 Å². The lowest BCUT2D eigenvalue weighted by molar-refractivity contribution is 0.311. The quantitative estimate of drug-likeness (QED) is 0.488. The largest absolute Gasteiger partial charge is 0.493 e. The van der Waals surface area contributed by atoms with Gasteiger partial charge in [-0.25, -0.2) is 0 Å². The zero-order valence-corrected chi connectivity index (χ0v) is 16.2. The Morgan fingerprint density at radius 2 is 1.74 bits per heavy atom. The first-order chi connectivity index (χ1) is 10.7. The van der Waals surface area contributed by atoms with Crippen LogP contribution in [0, 0.1) is 0 Å². The third-order valence-electron chi connectivity index (χ3n) is 3.61. The summed E-state index contributed by atoms with van der Waals surface area (Å²) >= 11 is 6.27. The molecule has 0 bridgehead atoms. The Labute approximate surface area is 152 Å². The van der Waals surface area contributed by atoms with E-state index in [1.54, 1.807) is 7.11 Å². The Bertz CT molecular complexity index is 428. The predicted octanol–water partition coefficient (Wildman–Crippen LogP) is 5.62. The minimum atomic E-state index is 0. The van der Waals surface area contributed by atoms with Crippen molar-refractivity contribution >= 4 is 24.0 Å². The Balaban J connectivity index is 0.00000484. The van der Waals surface area contributed by atoms with Gasteiger partial charge in [-0.1, -0.05) is 50.6 Å². The highest BCUT2D eigenvalue weighted by Gasteiger charge is 2.11. The van der Waals surface area contributed by atoms with Crippen molar-refractivity contribution < 1.29 is 9.47 Å². The van der Waals surface area contributed by atoms with Gasteiger partial charge in [-0.2, -0.15) is 0 Å². The molecule has 1 N–H and O–H groups in total. The molecule has 0 heterocycles. The molecule has 1 rings (SSSR count). The SMILES string of the molecule is CCCCCCCCNCc1cc(Cl)c(OCC)c(OC)c1.Cl. The number of benzene rings is 1. The van der Waals surface area contributed by atoms with Gasteiger partial charge in [0.25, 0.3) is 0 Å². The van der Waals surface area contributed by atoms with Gasteiger partial charge in [-0.15, -0.1) is 12.4 Å². The van der Waals surface area contributed by atoms with E-state index in [4.69, 9.17) is 21.1 Å². The Hall–Kier alpha value is -0.640. The van der Waals surface area contributed by atoms with Crippen LogP contribution in [-0.2, 0) is 6.54 Å². The van der Waals surface area contributed by atoms with Gasteiger partial charge in [-0.3, -0.25) is 0 Å². The lowest BCUT2D eigenvalue weighted by Crippen LogP contribution is -2.14. The Kier molecular flexibility index (Phi) is 13.4. The lowest BCUT2D eigenvalue weighted by Gasteiger charge is -2.13. The van der Waals surface area contributed by atoms with E-state index >= 15 is 0 Å². The molecule has 0 fully saturated rings. The van der Waals surface area contributed by atoms with E-state index < -0.39 is 0 Å². The molecule has 1 aromatic rings. The average Bonchev–Trinajstić information content (AvgIpc) is 2.52. The molecule has 0 saturated heterocycles. The summed E-state index contributed by atoms with van der Waals surface area (Å²) in [7, 11) is 1.64. The van der Waals surface area contributed by atoms with Gasteiger partial charge in [0.1, 0.15) is 0 Å². The molecule has 3 nitrogen and oxygen atoms in total. The fourth-order valence-corrected chi connectivity index (χ4v) is 2.71. The molecule has 134 valence electrons. The van der Waals surface area contributed by atoms with Crippen molar-refractivity contribution in [2.75, 3.05) is 20.3 Å². The summed E-state index contributed by atoms with van der Waals surface area (Å²) in [5, 5.41) is 4.08. The first-order valence-electron chi connectivity index (χ1n) is 8.42. The third-order valence-corrected chi connectivity index (χ3v) is 3.89. The minimum absolute atomic E-state index is 0. The van der Waals surface area contributed by atoms with Gasteiger partial charge in [-0.05, 0) is 37.6 Å². The Morgan fingerprint density at radius 3 is 2.39 bits per heavy atom. The molecule has 0 aliphatic rings. The van der Waals surface area contributed by atoms with Crippen LogP contribution in [0.15, 0.2) is 12.1 Å². The van der Waals surface area contributed by atoms with Gasteiger partial charge in [0.2, 0.25) is 0 Å². The highest BCUT2D eigenvalue weighted by atomic mass is 35.5. The average molecular weight is 364 g/mol. The normalized spacial score (nSPS) is 10.3. The summed E-state index contributed by atoms with van der Waals surface area (Å²) in [6, 6.07) is 3.94. The first kappa shape index (κ1) is 22.4. The molecule has 0 unspecified atom stereocenters.